The van der Waals surface area contributed by atoms with Crippen molar-refractivity contribution in [1.82, 2.24) is 20.2 Å². The lowest BCUT2D eigenvalue weighted by Crippen LogP contribution is -2.37. The number of aliphatic imine (C=N–C) groups is 1. The molecule has 0 bridgehead atoms. The van der Waals surface area contributed by atoms with Crippen LogP contribution in [0.5, 0.6) is 0 Å². The molecule has 0 saturated heterocycles. The van der Waals surface area contributed by atoms with Gasteiger partial charge in [-0.2, -0.15) is 0 Å². The van der Waals surface area contributed by atoms with Gasteiger partial charge in [0.15, 0.2) is 5.96 Å². The predicted molar refractivity (Wildman–Crippen MR) is 76.4 cm³/mol. The quantitative estimate of drug-likeness (QED) is 0.489. The molecule has 1 aromatic rings. The Labute approximate surface area is 116 Å². The average molecular weight is 353 g/mol. The van der Waals surface area contributed by atoms with Crippen molar-refractivity contribution < 1.29 is 0 Å². The molecule has 1 fully saturated rings. The van der Waals surface area contributed by atoms with Crippen LogP contribution >= 0.6 is 35.5 Å². The Hall–Kier alpha value is -0.440. The molecule has 0 spiro atoms. The summed E-state index contributed by atoms with van der Waals surface area (Å²) in [6, 6.07) is 0.622. The van der Waals surface area contributed by atoms with E-state index < -0.39 is 0 Å². The minimum atomic E-state index is 0. The molecule has 0 aromatic carbocycles. The minimum Gasteiger partial charge on any atom is -0.354 e. The molecule has 5 nitrogen and oxygen atoms in total. The van der Waals surface area contributed by atoms with Crippen molar-refractivity contribution >= 4 is 41.5 Å². The maximum absolute atomic E-state index is 4.16. The summed E-state index contributed by atoms with van der Waals surface area (Å²) < 4.78 is 3.89. The Morgan fingerprint density at radius 3 is 2.81 bits per heavy atom. The second-order valence-electron chi connectivity index (χ2n) is 3.63. The lowest BCUT2D eigenvalue weighted by Gasteiger charge is -2.09. The van der Waals surface area contributed by atoms with Crippen LogP contribution in [0.4, 0.5) is 0 Å². The largest absolute Gasteiger partial charge is 0.354 e. The third-order valence-corrected chi connectivity index (χ3v) is 3.13. The predicted octanol–water partition coefficient (Wildman–Crippen LogP) is 1.29. The first-order chi connectivity index (χ1) is 7.29. The first kappa shape index (κ1) is 13.6. The van der Waals surface area contributed by atoms with Crippen LogP contribution in [-0.4, -0.2) is 28.6 Å². The van der Waals surface area contributed by atoms with E-state index in [2.05, 4.69) is 25.2 Å². The molecule has 7 heteroatoms. The van der Waals surface area contributed by atoms with Crippen molar-refractivity contribution in [3.05, 3.63) is 10.6 Å². The van der Waals surface area contributed by atoms with Gasteiger partial charge in [-0.15, -0.1) is 29.1 Å². The molecular weight excluding hydrogens is 337 g/mol. The van der Waals surface area contributed by atoms with Gasteiger partial charge in [0.1, 0.15) is 0 Å². The molecule has 1 aromatic heterocycles. The number of nitrogens with zero attached hydrogens (tertiary/aromatic N) is 3. The minimum absolute atomic E-state index is 0. The molecule has 2 rings (SSSR count). The normalized spacial score (nSPS) is 15.5. The average Bonchev–Trinajstić information content (AvgIpc) is 2.96. The molecule has 90 valence electrons. The van der Waals surface area contributed by atoms with Gasteiger partial charge in [-0.05, 0) is 31.3 Å². The Balaban J connectivity index is 0.00000128. The number of guanidine groups is 1. The second kappa shape index (κ2) is 6.33. The van der Waals surface area contributed by atoms with Crippen molar-refractivity contribution in [3.63, 3.8) is 0 Å². The second-order valence-corrected chi connectivity index (χ2v) is 4.46. The van der Waals surface area contributed by atoms with Crippen molar-refractivity contribution in [2.75, 3.05) is 7.05 Å². The number of nitrogens with one attached hydrogen (secondary N) is 2. The molecule has 0 radical (unpaired) electrons. The van der Waals surface area contributed by atoms with Gasteiger partial charge in [-0.3, -0.25) is 4.99 Å². The molecule has 0 atom stereocenters. The number of aryl methyl sites for hydroxylation is 1. The summed E-state index contributed by atoms with van der Waals surface area (Å²) in [6.45, 7) is 2.72. The summed E-state index contributed by atoms with van der Waals surface area (Å²) >= 11 is 1.43. The maximum atomic E-state index is 4.16. The van der Waals surface area contributed by atoms with Crippen LogP contribution < -0.4 is 10.6 Å². The van der Waals surface area contributed by atoms with E-state index in [1.807, 2.05) is 6.92 Å². The topological polar surface area (TPSA) is 62.2 Å². The highest BCUT2D eigenvalue weighted by Crippen LogP contribution is 2.18. The first-order valence-corrected chi connectivity index (χ1v) is 5.82. The Morgan fingerprint density at radius 1 is 1.56 bits per heavy atom. The van der Waals surface area contributed by atoms with Crippen molar-refractivity contribution in [2.45, 2.75) is 32.4 Å². The molecule has 1 heterocycles. The third kappa shape index (κ3) is 3.85. The molecular formula is C9H16IN5S. The third-order valence-electron chi connectivity index (χ3n) is 2.30. The van der Waals surface area contributed by atoms with Crippen LogP contribution in [0.25, 0.3) is 0 Å². The van der Waals surface area contributed by atoms with Crippen molar-refractivity contribution in [1.29, 1.82) is 0 Å². The lowest BCUT2D eigenvalue weighted by molar-refractivity contribution is 0.807. The summed E-state index contributed by atoms with van der Waals surface area (Å²) in [5.41, 5.74) is 0.995. The number of aromatic nitrogens is 2. The van der Waals surface area contributed by atoms with Gasteiger partial charge in [0.25, 0.3) is 0 Å². The fourth-order valence-corrected chi connectivity index (χ4v) is 1.76. The van der Waals surface area contributed by atoms with E-state index in [0.717, 1.165) is 23.1 Å². The highest BCUT2D eigenvalue weighted by molar-refractivity contribution is 14.0. The van der Waals surface area contributed by atoms with Gasteiger partial charge in [-0.1, -0.05) is 4.49 Å². The summed E-state index contributed by atoms with van der Waals surface area (Å²) in [6.07, 6.45) is 2.50. The molecule has 1 aliphatic rings. The van der Waals surface area contributed by atoms with E-state index in [1.165, 1.54) is 24.4 Å². The zero-order chi connectivity index (χ0) is 10.7. The Kier molecular flexibility index (Phi) is 5.39. The molecule has 0 amide bonds. The van der Waals surface area contributed by atoms with Gasteiger partial charge in [0, 0.05) is 13.1 Å². The van der Waals surface area contributed by atoms with Crippen LogP contribution in [-0.2, 0) is 6.54 Å². The van der Waals surface area contributed by atoms with E-state index in [-0.39, 0.29) is 24.0 Å². The summed E-state index contributed by atoms with van der Waals surface area (Å²) in [5.74, 6) is 0.866. The van der Waals surface area contributed by atoms with E-state index in [4.69, 9.17) is 0 Å². The van der Waals surface area contributed by atoms with Crippen LogP contribution in [0.15, 0.2) is 4.99 Å². The van der Waals surface area contributed by atoms with Crippen LogP contribution in [0.1, 0.15) is 23.4 Å². The molecule has 2 N–H and O–H groups in total. The number of rotatable bonds is 3. The Morgan fingerprint density at radius 2 is 2.31 bits per heavy atom. The van der Waals surface area contributed by atoms with Gasteiger partial charge in [0.05, 0.1) is 17.1 Å². The fraction of sp³-hybridized carbons (Fsp3) is 0.667. The molecule has 0 unspecified atom stereocenters. The molecule has 1 saturated carbocycles. The zero-order valence-corrected chi connectivity index (χ0v) is 12.5. The van der Waals surface area contributed by atoms with Gasteiger partial charge >= 0.3 is 0 Å². The SMILES string of the molecule is CN=C(NCc1snnc1C)NC1CC1.I. The number of hydrogen-bond donors (Lipinski definition) is 2. The van der Waals surface area contributed by atoms with Crippen LogP contribution in [0, 0.1) is 6.92 Å². The summed E-state index contributed by atoms with van der Waals surface area (Å²) in [4.78, 5) is 5.32. The van der Waals surface area contributed by atoms with Crippen LogP contribution in [0.3, 0.4) is 0 Å². The van der Waals surface area contributed by atoms with Crippen LogP contribution in [0.2, 0.25) is 0 Å². The highest BCUT2D eigenvalue weighted by atomic mass is 127. The van der Waals surface area contributed by atoms with E-state index in [1.54, 1.807) is 7.05 Å². The molecule has 0 aliphatic heterocycles. The van der Waals surface area contributed by atoms with Crippen molar-refractivity contribution in [3.8, 4) is 0 Å². The highest BCUT2D eigenvalue weighted by Gasteiger charge is 2.22. The fourth-order valence-electron chi connectivity index (χ4n) is 1.19. The smallest absolute Gasteiger partial charge is 0.191 e. The maximum Gasteiger partial charge on any atom is 0.191 e. The summed E-state index contributed by atoms with van der Waals surface area (Å²) in [5, 5.41) is 10.5. The van der Waals surface area contributed by atoms with Crippen molar-refractivity contribution in [2.24, 2.45) is 4.99 Å². The van der Waals surface area contributed by atoms with Gasteiger partial charge < -0.3 is 10.6 Å². The van der Waals surface area contributed by atoms with E-state index in [9.17, 15) is 0 Å². The zero-order valence-electron chi connectivity index (χ0n) is 9.36. The lowest BCUT2D eigenvalue weighted by atomic mass is 10.4. The standard InChI is InChI=1S/C9H15N5S.HI/c1-6-8(15-14-13-6)5-11-9(10-2)12-7-3-4-7;/h7H,3-5H2,1-2H3,(H2,10,11,12);1H. The summed E-state index contributed by atoms with van der Waals surface area (Å²) in [7, 11) is 1.79. The molecule has 16 heavy (non-hydrogen) atoms. The monoisotopic (exact) mass is 353 g/mol. The van der Waals surface area contributed by atoms with E-state index >= 15 is 0 Å². The first-order valence-electron chi connectivity index (χ1n) is 5.04. The number of hydrogen-bond acceptors (Lipinski definition) is 4. The number of halogens is 1. The van der Waals surface area contributed by atoms with E-state index in [0.29, 0.717) is 6.04 Å². The Bertz CT molecular complexity index is 361. The van der Waals surface area contributed by atoms with Gasteiger partial charge in [-0.25, -0.2) is 0 Å². The molecule has 1 aliphatic carbocycles. The van der Waals surface area contributed by atoms with Gasteiger partial charge in [0.2, 0.25) is 0 Å².